The van der Waals surface area contributed by atoms with Crippen molar-refractivity contribution in [2.45, 2.75) is 26.7 Å². The van der Waals surface area contributed by atoms with E-state index in [1.54, 1.807) is 6.92 Å². The zero-order valence-electron chi connectivity index (χ0n) is 10.7. The molecule has 0 heterocycles. The number of hydrogen-bond donors (Lipinski definition) is 2. The Bertz CT molecular complexity index is 421. The van der Waals surface area contributed by atoms with E-state index >= 15 is 0 Å². The van der Waals surface area contributed by atoms with Crippen molar-refractivity contribution in [1.29, 1.82) is 0 Å². The van der Waals surface area contributed by atoms with E-state index in [9.17, 15) is 4.79 Å². The smallest absolute Gasteiger partial charge is 0.225 e. The summed E-state index contributed by atoms with van der Waals surface area (Å²) >= 11 is 5.03. The van der Waals surface area contributed by atoms with Crippen LogP contribution in [0.5, 0.6) is 5.75 Å². The number of carbonyl (C=O) groups is 1. The minimum atomic E-state index is -0.106. The molecule has 98 valence electrons. The van der Waals surface area contributed by atoms with Crippen molar-refractivity contribution in [3.63, 3.8) is 0 Å². The molecule has 0 aliphatic heterocycles. The molecule has 0 spiro atoms. The fourth-order valence-corrected chi connectivity index (χ4v) is 1.49. The largest absolute Gasteiger partial charge is 0.494 e. The summed E-state index contributed by atoms with van der Waals surface area (Å²) in [7, 11) is 0. The van der Waals surface area contributed by atoms with E-state index in [1.807, 2.05) is 24.3 Å². The maximum atomic E-state index is 11.2. The lowest BCUT2D eigenvalue weighted by Gasteiger charge is -2.10. The lowest BCUT2D eigenvalue weighted by molar-refractivity contribution is -0.119. The minimum absolute atomic E-state index is 0.106. The summed E-state index contributed by atoms with van der Waals surface area (Å²) in [5.74, 6) is 0.678. The highest BCUT2D eigenvalue weighted by molar-refractivity contribution is 7.80. The summed E-state index contributed by atoms with van der Waals surface area (Å²) in [5, 5.41) is 5.83. The van der Waals surface area contributed by atoms with Gasteiger partial charge >= 0.3 is 0 Å². The fraction of sp³-hybridized carbons (Fsp3) is 0.385. The molecule has 0 aliphatic carbocycles. The van der Waals surface area contributed by atoms with Crippen molar-refractivity contribution in [2.75, 3.05) is 11.9 Å². The van der Waals surface area contributed by atoms with E-state index < -0.39 is 0 Å². The number of thiocarbonyl (C=S) groups is 1. The van der Waals surface area contributed by atoms with Crippen LogP contribution in [-0.4, -0.2) is 17.6 Å². The van der Waals surface area contributed by atoms with E-state index in [-0.39, 0.29) is 5.91 Å². The van der Waals surface area contributed by atoms with Gasteiger partial charge in [0.25, 0.3) is 0 Å². The van der Waals surface area contributed by atoms with Crippen LogP contribution in [0.2, 0.25) is 0 Å². The number of carbonyl (C=O) groups excluding carboxylic acids is 1. The summed E-state index contributed by atoms with van der Waals surface area (Å²) in [5.41, 5.74) is 0.796. The summed E-state index contributed by atoms with van der Waals surface area (Å²) < 4.78 is 5.51. The highest BCUT2D eigenvalue weighted by Crippen LogP contribution is 2.17. The molecule has 0 radical (unpaired) electrons. The Morgan fingerprint density at radius 1 is 1.39 bits per heavy atom. The molecule has 1 aromatic carbocycles. The predicted molar refractivity (Wildman–Crippen MR) is 76.9 cm³/mol. The lowest BCUT2D eigenvalue weighted by atomic mass is 10.3. The Morgan fingerprint density at radius 2 is 2.17 bits per heavy atom. The van der Waals surface area contributed by atoms with Crippen LogP contribution >= 0.6 is 12.2 Å². The number of benzene rings is 1. The average Bonchev–Trinajstić information content (AvgIpc) is 2.36. The molecule has 2 N–H and O–H groups in total. The van der Waals surface area contributed by atoms with Gasteiger partial charge in [-0.15, -0.1) is 0 Å². The highest BCUT2D eigenvalue weighted by atomic mass is 32.1. The van der Waals surface area contributed by atoms with Crippen molar-refractivity contribution in [1.82, 2.24) is 5.32 Å². The maximum absolute atomic E-state index is 11.2. The second kappa shape index (κ2) is 7.66. The van der Waals surface area contributed by atoms with Crippen LogP contribution in [0, 0.1) is 0 Å². The molecule has 0 saturated heterocycles. The molecule has 0 atom stereocenters. The van der Waals surface area contributed by atoms with E-state index in [0.29, 0.717) is 18.1 Å². The predicted octanol–water partition coefficient (Wildman–Crippen LogP) is 2.70. The normalized spacial score (nSPS) is 9.67. The Kier molecular flexibility index (Phi) is 6.14. The van der Waals surface area contributed by atoms with Gasteiger partial charge in [0.2, 0.25) is 5.91 Å². The van der Waals surface area contributed by atoms with Gasteiger partial charge in [0.05, 0.1) is 6.61 Å². The Morgan fingerprint density at radius 3 is 2.83 bits per heavy atom. The summed E-state index contributed by atoms with van der Waals surface area (Å²) in [6.45, 7) is 4.51. The molecule has 1 aromatic rings. The molecule has 18 heavy (non-hydrogen) atoms. The molecule has 0 aliphatic rings. The SMILES string of the molecule is CCCOc1cccc(NC(=S)NC(=O)CC)c1. The first kappa shape index (κ1) is 14.4. The molecule has 5 heteroatoms. The average molecular weight is 266 g/mol. The molecule has 0 fully saturated rings. The van der Waals surface area contributed by atoms with Gasteiger partial charge in [-0.05, 0) is 30.8 Å². The highest BCUT2D eigenvalue weighted by Gasteiger charge is 2.03. The second-order valence-corrected chi connectivity index (χ2v) is 4.14. The molecule has 1 amide bonds. The molecule has 4 nitrogen and oxygen atoms in total. The lowest BCUT2D eigenvalue weighted by Crippen LogP contribution is -2.33. The van der Waals surface area contributed by atoms with Gasteiger partial charge in [-0.1, -0.05) is 19.9 Å². The zero-order valence-corrected chi connectivity index (χ0v) is 11.5. The Hall–Kier alpha value is -1.62. The number of nitrogens with one attached hydrogen (secondary N) is 2. The molecule has 0 saturated carbocycles. The van der Waals surface area contributed by atoms with Crippen LogP contribution in [0.3, 0.4) is 0 Å². The number of anilines is 1. The molecule has 1 rings (SSSR count). The second-order valence-electron chi connectivity index (χ2n) is 3.73. The number of amides is 1. The first-order valence-corrected chi connectivity index (χ1v) is 6.40. The van der Waals surface area contributed by atoms with Gasteiger partial charge in [0.15, 0.2) is 5.11 Å². The van der Waals surface area contributed by atoms with Crippen molar-refractivity contribution in [3.05, 3.63) is 24.3 Å². The minimum Gasteiger partial charge on any atom is -0.494 e. The van der Waals surface area contributed by atoms with Gasteiger partial charge in [-0.25, -0.2) is 0 Å². The molecular weight excluding hydrogens is 248 g/mol. The maximum Gasteiger partial charge on any atom is 0.225 e. The van der Waals surface area contributed by atoms with E-state index in [0.717, 1.165) is 17.9 Å². The van der Waals surface area contributed by atoms with Crippen molar-refractivity contribution < 1.29 is 9.53 Å². The third-order valence-corrected chi connectivity index (χ3v) is 2.34. The van der Waals surface area contributed by atoms with Crippen molar-refractivity contribution in [2.24, 2.45) is 0 Å². The Balaban J connectivity index is 2.56. The Labute approximate surface area is 113 Å². The number of rotatable bonds is 5. The summed E-state index contributed by atoms with van der Waals surface area (Å²) in [6.07, 6.45) is 1.37. The van der Waals surface area contributed by atoms with E-state index in [4.69, 9.17) is 17.0 Å². The quantitative estimate of drug-likeness (QED) is 0.805. The van der Waals surface area contributed by atoms with Gasteiger partial charge in [-0.2, -0.15) is 0 Å². The van der Waals surface area contributed by atoms with Crippen molar-refractivity contribution >= 4 is 28.9 Å². The van der Waals surface area contributed by atoms with Gasteiger partial charge < -0.3 is 15.4 Å². The zero-order chi connectivity index (χ0) is 13.4. The van der Waals surface area contributed by atoms with Crippen LogP contribution < -0.4 is 15.4 Å². The van der Waals surface area contributed by atoms with E-state index in [2.05, 4.69) is 17.6 Å². The summed E-state index contributed by atoms with van der Waals surface area (Å²) in [6, 6.07) is 7.47. The first-order valence-electron chi connectivity index (χ1n) is 5.99. The van der Waals surface area contributed by atoms with Crippen LogP contribution in [0.25, 0.3) is 0 Å². The van der Waals surface area contributed by atoms with Crippen molar-refractivity contribution in [3.8, 4) is 5.75 Å². The van der Waals surface area contributed by atoms with Crippen LogP contribution in [0.15, 0.2) is 24.3 Å². The molecular formula is C13H18N2O2S. The van der Waals surface area contributed by atoms with Crippen LogP contribution in [0.1, 0.15) is 26.7 Å². The van der Waals surface area contributed by atoms with Gasteiger partial charge in [0, 0.05) is 18.2 Å². The van der Waals surface area contributed by atoms with Gasteiger partial charge in [0.1, 0.15) is 5.75 Å². The summed E-state index contributed by atoms with van der Waals surface area (Å²) in [4.78, 5) is 11.2. The third-order valence-electron chi connectivity index (χ3n) is 2.14. The van der Waals surface area contributed by atoms with Crippen LogP contribution in [0.4, 0.5) is 5.69 Å². The van der Waals surface area contributed by atoms with Gasteiger partial charge in [-0.3, -0.25) is 4.79 Å². The number of hydrogen-bond acceptors (Lipinski definition) is 3. The third kappa shape index (κ3) is 5.14. The molecule has 0 bridgehead atoms. The monoisotopic (exact) mass is 266 g/mol. The number of ether oxygens (including phenoxy) is 1. The van der Waals surface area contributed by atoms with E-state index in [1.165, 1.54) is 0 Å². The topological polar surface area (TPSA) is 50.4 Å². The van der Waals surface area contributed by atoms with Crippen LogP contribution in [-0.2, 0) is 4.79 Å². The molecule has 0 unspecified atom stereocenters. The first-order chi connectivity index (χ1) is 8.65. The standard InChI is InChI=1S/C13H18N2O2S/c1-3-8-17-11-7-5-6-10(9-11)14-13(18)15-12(16)4-2/h5-7,9H,3-4,8H2,1-2H3,(H2,14,15,16,18). The fourth-order valence-electron chi connectivity index (χ4n) is 1.26. The molecule has 0 aromatic heterocycles.